The number of para-hydroxylation sites is 2. The summed E-state index contributed by atoms with van der Waals surface area (Å²) in [6.07, 6.45) is 11.2. The lowest BCUT2D eigenvalue weighted by molar-refractivity contribution is 1.18. The van der Waals surface area contributed by atoms with Crippen LogP contribution < -0.4 is 0 Å². The molecule has 0 fully saturated rings. The van der Waals surface area contributed by atoms with E-state index >= 15 is 0 Å². The van der Waals surface area contributed by atoms with Gasteiger partial charge in [-0.1, -0.05) is 218 Å². The molecule has 92 heavy (non-hydrogen) atoms. The summed E-state index contributed by atoms with van der Waals surface area (Å²) < 4.78 is 0. The van der Waals surface area contributed by atoms with Gasteiger partial charge in [0.1, 0.15) is 0 Å². The lowest BCUT2D eigenvalue weighted by atomic mass is 9.92. The van der Waals surface area contributed by atoms with E-state index in [0.717, 1.165) is 144 Å². The van der Waals surface area contributed by atoms with Gasteiger partial charge in [0.05, 0.1) is 44.8 Å². The Morgan fingerprint density at radius 1 is 0.217 bits per heavy atom. The highest BCUT2D eigenvalue weighted by molar-refractivity contribution is 6.29. The third kappa shape index (κ3) is 9.76. The van der Waals surface area contributed by atoms with Gasteiger partial charge in [-0.25, -0.2) is 19.9 Å². The van der Waals surface area contributed by atoms with E-state index in [1.54, 1.807) is 12.4 Å². The Kier molecular flexibility index (Phi) is 13.4. The van der Waals surface area contributed by atoms with Crippen LogP contribution in [0.2, 0.25) is 0 Å². The van der Waals surface area contributed by atoms with Crippen molar-refractivity contribution >= 4 is 86.7 Å². The molecule has 0 N–H and O–H groups in total. The van der Waals surface area contributed by atoms with E-state index in [9.17, 15) is 0 Å². The van der Waals surface area contributed by atoms with Crippen molar-refractivity contribution in [3.05, 3.63) is 316 Å². The second kappa shape index (κ2) is 22.9. The molecule has 0 amide bonds. The largest absolute Gasteiger partial charge is 0.264 e. The number of hydrogen-bond acceptors (Lipinski definition) is 8. The number of nitrogens with zero attached hydrogens (tertiary/aromatic N) is 8. The first-order valence-electron chi connectivity index (χ1n) is 30.8. The highest BCUT2D eigenvalue weighted by Crippen LogP contribution is 2.43. The second-order valence-corrected chi connectivity index (χ2v) is 23.0. The molecule has 0 saturated carbocycles. The molecule has 0 saturated heterocycles. The molecule has 8 nitrogen and oxygen atoms in total. The average Bonchev–Trinajstić information content (AvgIpc) is 0.751. The summed E-state index contributed by atoms with van der Waals surface area (Å²) >= 11 is 0. The van der Waals surface area contributed by atoms with Crippen molar-refractivity contribution in [1.29, 1.82) is 0 Å². The standard InChI is InChI=1S/2C42H26N4/c1-3-10-27(11-4-1)36-26-37(28-12-5-2-6-13-28)46-42(45-36)32-21-19-31(20-22-32)40-34-24-23-29-17-18-30-14-9-25-43-41(30)38(29)39(34)33-15-7-8-16-35(33)44-40;1-2-10-38-36(9-1)40-37(18-17-28-13-16-29-6-5-21-45-42(29)39(28)40)41(46-38)30-14-11-27(12-15-30)33-22-34(31-7-3-19-43-25-31)24-35(23-33)32-8-4-20-44-26-32/h2*1-26H. The Morgan fingerprint density at radius 2 is 0.609 bits per heavy atom. The first-order chi connectivity index (χ1) is 45.6. The van der Waals surface area contributed by atoms with Crippen LogP contribution in [-0.4, -0.2) is 39.9 Å². The quantitative estimate of drug-likeness (QED) is 0.139. The number of fused-ring (bicyclic) bond motifs is 14. The molecular formula is C84H52N8. The highest BCUT2D eigenvalue weighted by Gasteiger charge is 2.19. The second-order valence-electron chi connectivity index (χ2n) is 23.0. The van der Waals surface area contributed by atoms with Gasteiger partial charge in [0.25, 0.3) is 0 Å². The number of benzene rings is 11. The number of aromatic nitrogens is 8. The minimum Gasteiger partial charge on any atom is -0.264 e. The summed E-state index contributed by atoms with van der Waals surface area (Å²) in [6.45, 7) is 0. The monoisotopic (exact) mass is 1170 g/mol. The zero-order valence-corrected chi connectivity index (χ0v) is 49.6. The summed E-state index contributed by atoms with van der Waals surface area (Å²) in [5, 5.41) is 13.8. The van der Waals surface area contributed by atoms with E-state index in [2.05, 4.69) is 228 Å². The van der Waals surface area contributed by atoms with Crippen molar-refractivity contribution in [3.63, 3.8) is 0 Å². The van der Waals surface area contributed by atoms with Gasteiger partial charge in [0.15, 0.2) is 5.82 Å². The zero-order valence-electron chi connectivity index (χ0n) is 49.6. The molecule has 0 unspecified atom stereocenters. The predicted molar refractivity (Wildman–Crippen MR) is 379 cm³/mol. The van der Waals surface area contributed by atoms with Gasteiger partial charge < -0.3 is 0 Å². The van der Waals surface area contributed by atoms with Gasteiger partial charge >= 0.3 is 0 Å². The number of hydrogen-bond donors (Lipinski definition) is 0. The normalized spacial score (nSPS) is 11.5. The summed E-state index contributed by atoms with van der Waals surface area (Å²) in [6, 6.07) is 97.3. The topological polar surface area (TPSA) is 103 Å². The van der Waals surface area contributed by atoms with Crippen molar-refractivity contribution in [3.8, 4) is 89.8 Å². The van der Waals surface area contributed by atoms with Crippen molar-refractivity contribution in [1.82, 2.24) is 39.9 Å². The van der Waals surface area contributed by atoms with E-state index in [1.807, 2.05) is 85.5 Å². The Hall–Kier alpha value is -12.5. The van der Waals surface area contributed by atoms with Crippen LogP contribution in [-0.2, 0) is 0 Å². The van der Waals surface area contributed by atoms with E-state index < -0.39 is 0 Å². The van der Waals surface area contributed by atoms with Gasteiger partial charge in [-0.05, 0) is 93.7 Å². The van der Waals surface area contributed by atoms with E-state index in [1.165, 1.54) is 26.9 Å². The van der Waals surface area contributed by atoms with Gasteiger partial charge in [-0.3, -0.25) is 19.9 Å². The summed E-state index contributed by atoms with van der Waals surface area (Å²) in [5.74, 6) is 0.687. The molecule has 7 heterocycles. The van der Waals surface area contributed by atoms with Crippen LogP contribution in [0.5, 0.6) is 0 Å². The van der Waals surface area contributed by atoms with Crippen LogP contribution >= 0.6 is 0 Å². The lowest BCUT2D eigenvalue weighted by Crippen LogP contribution is -1.96. The Morgan fingerprint density at radius 3 is 1.08 bits per heavy atom. The van der Waals surface area contributed by atoms with Crippen LogP contribution in [0.3, 0.4) is 0 Å². The van der Waals surface area contributed by atoms with Crippen LogP contribution in [0.4, 0.5) is 0 Å². The molecule has 0 radical (unpaired) electrons. The molecule has 0 atom stereocenters. The van der Waals surface area contributed by atoms with Gasteiger partial charge in [0.2, 0.25) is 0 Å². The maximum atomic E-state index is 5.24. The fraction of sp³-hybridized carbons (Fsp3) is 0. The highest BCUT2D eigenvalue weighted by atomic mass is 14.9. The Labute approximate surface area is 529 Å². The minimum absolute atomic E-state index is 0.687. The van der Waals surface area contributed by atoms with Crippen molar-refractivity contribution in [2.75, 3.05) is 0 Å². The molecule has 428 valence electrons. The molecule has 0 aliphatic heterocycles. The van der Waals surface area contributed by atoms with Gasteiger partial charge in [-0.2, -0.15) is 0 Å². The van der Waals surface area contributed by atoms with Crippen LogP contribution in [0, 0.1) is 0 Å². The molecule has 11 aromatic carbocycles. The SMILES string of the molecule is c1ccc(-c2cc(-c3ccccc3)nc(-c3ccc(-c4nc5ccccc5c5c4ccc4ccc6cccnc6c45)cc3)n2)cc1.c1cncc(-c2cc(-c3ccc(-c4nc5ccccc5c5c4ccc4ccc6cccnc6c45)cc3)cc(-c3cccnc3)c2)c1. The first-order valence-corrected chi connectivity index (χ1v) is 30.8. The predicted octanol–water partition coefficient (Wildman–Crippen LogP) is 21.1. The zero-order chi connectivity index (χ0) is 60.9. The fourth-order valence-electron chi connectivity index (χ4n) is 13.1. The van der Waals surface area contributed by atoms with Crippen molar-refractivity contribution in [2.24, 2.45) is 0 Å². The van der Waals surface area contributed by atoms with Gasteiger partial charge in [0, 0.05) is 130 Å². The summed E-state index contributed by atoms with van der Waals surface area (Å²) in [7, 11) is 0. The maximum Gasteiger partial charge on any atom is 0.160 e. The van der Waals surface area contributed by atoms with Crippen LogP contribution in [0.15, 0.2) is 316 Å². The molecule has 18 rings (SSSR count). The smallest absolute Gasteiger partial charge is 0.160 e. The maximum absolute atomic E-state index is 5.24. The fourth-order valence-corrected chi connectivity index (χ4v) is 13.1. The van der Waals surface area contributed by atoms with Crippen LogP contribution in [0.1, 0.15) is 0 Å². The van der Waals surface area contributed by atoms with E-state index in [-0.39, 0.29) is 0 Å². The molecular weight excluding hydrogens is 1120 g/mol. The Bertz CT molecular complexity index is 5370. The van der Waals surface area contributed by atoms with Crippen molar-refractivity contribution < 1.29 is 0 Å². The first kappa shape index (κ1) is 53.7. The molecule has 7 aromatic heterocycles. The van der Waals surface area contributed by atoms with Crippen molar-refractivity contribution in [2.45, 2.75) is 0 Å². The molecule has 18 aromatic rings. The molecule has 0 spiro atoms. The summed E-state index contributed by atoms with van der Waals surface area (Å²) in [5.41, 5.74) is 19.5. The number of rotatable bonds is 8. The lowest BCUT2D eigenvalue weighted by Gasteiger charge is -2.14. The molecule has 0 aliphatic rings. The molecule has 8 heteroatoms. The molecule has 0 bridgehead atoms. The van der Waals surface area contributed by atoms with E-state index in [0.29, 0.717) is 5.82 Å². The third-order valence-corrected chi connectivity index (χ3v) is 17.5. The number of pyridine rings is 6. The average molecular weight is 1170 g/mol. The van der Waals surface area contributed by atoms with E-state index in [4.69, 9.17) is 29.9 Å². The summed E-state index contributed by atoms with van der Waals surface area (Å²) in [4.78, 5) is 38.9. The van der Waals surface area contributed by atoms with Crippen LogP contribution in [0.25, 0.3) is 176 Å². The molecule has 0 aliphatic carbocycles. The Balaban J connectivity index is 0.000000141. The van der Waals surface area contributed by atoms with Gasteiger partial charge in [-0.15, -0.1) is 0 Å². The third-order valence-electron chi connectivity index (χ3n) is 17.5. The minimum atomic E-state index is 0.687.